The van der Waals surface area contributed by atoms with E-state index in [2.05, 4.69) is 20.9 Å². The predicted octanol–water partition coefficient (Wildman–Crippen LogP) is 2.52. The van der Waals surface area contributed by atoms with Crippen molar-refractivity contribution in [2.75, 3.05) is 11.9 Å². The molecule has 11 heteroatoms. The molecule has 170 valence electrons. The first-order valence-electron chi connectivity index (χ1n) is 9.63. The Morgan fingerprint density at radius 1 is 1.19 bits per heavy atom. The van der Waals surface area contributed by atoms with Crippen molar-refractivity contribution in [3.8, 4) is 0 Å². The van der Waals surface area contributed by atoms with Crippen molar-refractivity contribution in [2.45, 2.75) is 38.1 Å². The smallest absolute Gasteiger partial charge is 0.374 e. The van der Waals surface area contributed by atoms with Gasteiger partial charge in [0.2, 0.25) is 11.5 Å². The summed E-state index contributed by atoms with van der Waals surface area (Å²) in [5.74, 6) is -1.57. The van der Waals surface area contributed by atoms with Crippen LogP contribution in [0.4, 0.5) is 23.7 Å². The van der Waals surface area contributed by atoms with Crippen LogP contribution in [-0.2, 0) is 17.4 Å². The summed E-state index contributed by atoms with van der Waals surface area (Å²) in [7, 11) is 1.34. The number of carbonyl (C=O) groups excluding carboxylic acids is 2. The Morgan fingerprint density at radius 2 is 1.84 bits per heavy atom. The number of hydrogen-bond donors (Lipinski definition) is 4. The first kappa shape index (κ1) is 24.2. The number of aryl methyl sites for hydroxylation is 1. The number of rotatable bonds is 8. The average molecular weight is 441 g/mol. The number of benzene rings is 1. The highest BCUT2D eigenvalue weighted by atomic mass is 19.4. The van der Waals surface area contributed by atoms with Crippen molar-refractivity contribution in [3.63, 3.8) is 0 Å². The zero-order valence-corrected chi connectivity index (χ0v) is 17.4. The SMILES string of the molecule is CC(C)C(NC(=O)Nc1ccccc1)C(=O)NCCC(O)(c1nccn1C)C(F)(F)F. The molecule has 1 heterocycles. The van der Waals surface area contributed by atoms with E-state index in [-0.39, 0.29) is 5.92 Å². The second-order valence-corrected chi connectivity index (χ2v) is 7.45. The highest BCUT2D eigenvalue weighted by molar-refractivity contribution is 5.93. The third-order valence-corrected chi connectivity index (χ3v) is 4.71. The topological polar surface area (TPSA) is 108 Å². The number of aromatic nitrogens is 2. The van der Waals surface area contributed by atoms with Crippen LogP contribution in [0.5, 0.6) is 0 Å². The minimum atomic E-state index is -5.00. The van der Waals surface area contributed by atoms with Crippen molar-refractivity contribution in [1.82, 2.24) is 20.2 Å². The van der Waals surface area contributed by atoms with Gasteiger partial charge in [0.05, 0.1) is 0 Å². The number of urea groups is 1. The van der Waals surface area contributed by atoms with Gasteiger partial charge in [0.15, 0.2) is 0 Å². The summed E-state index contributed by atoms with van der Waals surface area (Å²) in [5.41, 5.74) is -2.71. The second-order valence-electron chi connectivity index (χ2n) is 7.45. The van der Waals surface area contributed by atoms with E-state index in [0.717, 1.165) is 10.8 Å². The van der Waals surface area contributed by atoms with Gasteiger partial charge in [-0.25, -0.2) is 9.78 Å². The van der Waals surface area contributed by atoms with Crippen LogP contribution in [0.3, 0.4) is 0 Å². The fraction of sp³-hybridized carbons (Fsp3) is 0.450. The molecule has 2 unspecified atom stereocenters. The number of para-hydroxylation sites is 1. The molecule has 0 aliphatic carbocycles. The van der Waals surface area contributed by atoms with E-state index in [0.29, 0.717) is 5.69 Å². The van der Waals surface area contributed by atoms with Crippen LogP contribution >= 0.6 is 0 Å². The number of carbonyl (C=O) groups is 2. The zero-order chi connectivity index (χ0) is 23.2. The quantitative estimate of drug-likeness (QED) is 0.505. The highest BCUT2D eigenvalue weighted by Crippen LogP contribution is 2.40. The Hall–Kier alpha value is -3.08. The Morgan fingerprint density at radius 3 is 2.35 bits per heavy atom. The summed E-state index contributed by atoms with van der Waals surface area (Å²) in [6, 6.07) is 6.95. The van der Waals surface area contributed by atoms with Crippen LogP contribution in [0.25, 0.3) is 0 Å². The third kappa shape index (κ3) is 5.97. The fourth-order valence-corrected chi connectivity index (χ4v) is 2.99. The van der Waals surface area contributed by atoms with Crippen molar-refractivity contribution in [3.05, 3.63) is 48.5 Å². The molecule has 0 aliphatic rings. The Kier molecular flexibility index (Phi) is 7.66. The first-order valence-corrected chi connectivity index (χ1v) is 9.63. The van der Waals surface area contributed by atoms with Gasteiger partial charge >= 0.3 is 12.2 Å². The molecule has 0 bridgehead atoms. The maximum atomic E-state index is 13.6. The van der Waals surface area contributed by atoms with Gasteiger partial charge in [0.25, 0.3) is 0 Å². The van der Waals surface area contributed by atoms with Gasteiger partial charge in [-0.2, -0.15) is 13.2 Å². The molecule has 3 amide bonds. The van der Waals surface area contributed by atoms with Crippen LogP contribution in [0.1, 0.15) is 26.1 Å². The minimum Gasteiger partial charge on any atom is -0.374 e. The van der Waals surface area contributed by atoms with Gasteiger partial charge < -0.3 is 25.6 Å². The number of imidazole rings is 1. The molecule has 31 heavy (non-hydrogen) atoms. The Balaban J connectivity index is 2.00. The number of anilines is 1. The number of aliphatic hydroxyl groups is 1. The van der Waals surface area contributed by atoms with Crippen molar-refractivity contribution < 1.29 is 27.9 Å². The molecule has 2 atom stereocenters. The summed E-state index contributed by atoms with van der Waals surface area (Å²) >= 11 is 0. The van der Waals surface area contributed by atoms with E-state index >= 15 is 0 Å². The van der Waals surface area contributed by atoms with Crippen LogP contribution < -0.4 is 16.0 Å². The monoisotopic (exact) mass is 441 g/mol. The summed E-state index contributed by atoms with van der Waals surface area (Å²) in [6.07, 6.45) is -3.40. The molecule has 1 aromatic carbocycles. The van der Waals surface area contributed by atoms with Gasteiger partial charge in [-0.15, -0.1) is 0 Å². The van der Waals surface area contributed by atoms with Crippen molar-refractivity contribution in [2.24, 2.45) is 13.0 Å². The van der Waals surface area contributed by atoms with Gasteiger partial charge in [-0.05, 0) is 18.1 Å². The summed E-state index contributed by atoms with van der Waals surface area (Å²) in [6.45, 7) is 2.90. The second kappa shape index (κ2) is 9.82. The summed E-state index contributed by atoms with van der Waals surface area (Å²) < 4.78 is 41.7. The van der Waals surface area contributed by atoms with E-state index in [4.69, 9.17) is 0 Å². The van der Waals surface area contributed by atoms with Crippen LogP contribution in [0.15, 0.2) is 42.7 Å². The predicted molar refractivity (Wildman–Crippen MR) is 108 cm³/mol. The van der Waals surface area contributed by atoms with E-state index in [9.17, 15) is 27.9 Å². The lowest BCUT2D eigenvalue weighted by Crippen LogP contribution is -2.52. The minimum absolute atomic E-state index is 0.336. The Bertz CT molecular complexity index is 886. The largest absolute Gasteiger partial charge is 0.424 e. The maximum Gasteiger partial charge on any atom is 0.424 e. The molecule has 1 aromatic heterocycles. The molecular formula is C20H26F3N5O3. The molecule has 2 aromatic rings. The maximum absolute atomic E-state index is 13.6. The number of nitrogens with one attached hydrogen (secondary N) is 3. The molecule has 0 radical (unpaired) electrons. The van der Waals surface area contributed by atoms with Gasteiger partial charge in [0.1, 0.15) is 11.9 Å². The lowest BCUT2D eigenvalue weighted by Gasteiger charge is -2.30. The molecule has 0 saturated heterocycles. The van der Waals surface area contributed by atoms with Gasteiger partial charge in [-0.1, -0.05) is 32.0 Å². The fourth-order valence-electron chi connectivity index (χ4n) is 2.99. The number of halogens is 3. The van der Waals surface area contributed by atoms with Crippen molar-refractivity contribution >= 4 is 17.6 Å². The molecule has 4 N–H and O–H groups in total. The molecule has 2 rings (SSSR count). The van der Waals surface area contributed by atoms with E-state index in [1.807, 2.05) is 0 Å². The molecule has 0 spiro atoms. The number of hydrogen-bond acceptors (Lipinski definition) is 4. The van der Waals surface area contributed by atoms with Crippen LogP contribution in [0.2, 0.25) is 0 Å². The lowest BCUT2D eigenvalue weighted by molar-refractivity contribution is -0.272. The van der Waals surface area contributed by atoms with Crippen molar-refractivity contribution in [1.29, 1.82) is 0 Å². The van der Waals surface area contributed by atoms with E-state index < -0.39 is 48.5 Å². The van der Waals surface area contributed by atoms with Gasteiger partial charge in [0, 0.05) is 38.1 Å². The number of nitrogens with zero attached hydrogens (tertiary/aromatic N) is 2. The standard InChI is InChI=1S/C20H26F3N5O3/c1-13(2)15(27-18(30)26-14-7-5-4-6-8-14)16(29)24-10-9-19(31,20(21,22)23)17-25-11-12-28(17)3/h4-8,11-13,15,31H,9-10H2,1-3H3,(H,24,29)(H2,26,27,30). The Labute approximate surface area is 177 Å². The van der Waals surface area contributed by atoms with Crippen LogP contribution in [-0.4, -0.2) is 45.4 Å². The average Bonchev–Trinajstić information content (AvgIpc) is 3.12. The number of amides is 3. The van der Waals surface area contributed by atoms with E-state index in [1.54, 1.807) is 44.2 Å². The molecule has 0 aliphatic heterocycles. The molecular weight excluding hydrogens is 415 g/mol. The molecule has 0 saturated carbocycles. The van der Waals surface area contributed by atoms with Crippen LogP contribution in [0, 0.1) is 5.92 Å². The summed E-state index contributed by atoms with van der Waals surface area (Å²) in [5, 5.41) is 17.8. The lowest BCUT2D eigenvalue weighted by atomic mass is 9.97. The highest BCUT2D eigenvalue weighted by Gasteiger charge is 2.57. The number of alkyl halides is 3. The zero-order valence-electron chi connectivity index (χ0n) is 17.4. The summed E-state index contributed by atoms with van der Waals surface area (Å²) in [4.78, 5) is 28.3. The third-order valence-electron chi connectivity index (χ3n) is 4.71. The van der Waals surface area contributed by atoms with E-state index in [1.165, 1.54) is 13.2 Å². The molecule has 8 nitrogen and oxygen atoms in total. The first-order chi connectivity index (χ1) is 14.5. The normalized spacial score (nSPS) is 14.6. The van der Waals surface area contributed by atoms with Gasteiger partial charge in [-0.3, -0.25) is 4.79 Å². The molecule has 0 fully saturated rings.